The van der Waals surface area contributed by atoms with Crippen LogP contribution in [0.3, 0.4) is 0 Å². The first kappa shape index (κ1) is 19.4. The number of nitrogens with zero attached hydrogens (tertiary/aromatic N) is 1. The molecule has 142 valence electrons. The number of rotatable bonds is 6. The minimum Gasteiger partial charge on any atom is -0.457 e. The van der Waals surface area contributed by atoms with Crippen LogP contribution in [0.15, 0.2) is 72.9 Å². The summed E-state index contributed by atoms with van der Waals surface area (Å²) in [5.41, 5.74) is 0.310. The summed E-state index contributed by atoms with van der Waals surface area (Å²) in [4.78, 5) is 28.4. The van der Waals surface area contributed by atoms with E-state index in [9.17, 15) is 9.59 Å². The lowest BCUT2D eigenvalue weighted by Crippen LogP contribution is -2.30. The molecule has 0 aliphatic carbocycles. The van der Waals surface area contributed by atoms with Gasteiger partial charge in [-0.1, -0.05) is 29.8 Å². The summed E-state index contributed by atoms with van der Waals surface area (Å²) in [6, 6.07) is 18.9. The summed E-state index contributed by atoms with van der Waals surface area (Å²) in [6.07, 6.45) is 0.414. The van der Waals surface area contributed by atoms with Crippen molar-refractivity contribution in [2.45, 2.75) is 13.0 Å². The fourth-order valence-electron chi connectivity index (χ4n) is 2.24. The predicted molar refractivity (Wildman–Crippen MR) is 106 cm³/mol. The lowest BCUT2D eigenvalue weighted by Gasteiger charge is -2.13. The lowest BCUT2D eigenvalue weighted by atomic mass is 10.2. The second kappa shape index (κ2) is 9.01. The number of esters is 1. The Morgan fingerprint density at radius 3 is 2.29 bits per heavy atom. The third-order valence-electron chi connectivity index (χ3n) is 3.70. The van der Waals surface area contributed by atoms with Gasteiger partial charge in [-0.15, -0.1) is 0 Å². The van der Waals surface area contributed by atoms with Crippen molar-refractivity contribution in [3.63, 3.8) is 0 Å². The third-order valence-corrected chi connectivity index (χ3v) is 3.92. The lowest BCUT2D eigenvalue weighted by molar-refractivity contribution is -0.123. The number of pyridine rings is 1. The van der Waals surface area contributed by atoms with Gasteiger partial charge in [-0.2, -0.15) is 0 Å². The molecule has 2 aromatic carbocycles. The highest BCUT2D eigenvalue weighted by Crippen LogP contribution is 2.21. The van der Waals surface area contributed by atoms with Gasteiger partial charge in [0.15, 0.2) is 6.10 Å². The number of carbonyl (C=O) groups excluding carboxylic acids is 2. The van der Waals surface area contributed by atoms with Crippen molar-refractivity contribution in [3.05, 3.63) is 83.5 Å². The smallest absolute Gasteiger partial charge is 0.338 e. The Bertz CT molecular complexity index is 944. The van der Waals surface area contributed by atoms with E-state index in [1.54, 1.807) is 36.4 Å². The molecular weight excluding hydrogens is 380 g/mol. The van der Waals surface area contributed by atoms with Gasteiger partial charge < -0.3 is 14.8 Å². The largest absolute Gasteiger partial charge is 0.457 e. The number of para-hydroxylation sites is 1. The van der Waals surface area contributed by atoms with E-state index in [0.717, 1.165) is 0 Å². The van der Waals surface area contributed by atoms with E-state index in [0.29, 0.717) is 27.9 Å². The quantitative estimate of drug-likeness (QED) is 0.610. The maximum absolute atomic E-state index is 12.3. The zero-order valence-corrected chi connectivity index (χ0v) is 15.7. The zero-order valence-electron chi connectivity index (χ0n) is 15.0. The summed E-state index contributed by atoms with van der Waals surface area (Å²) in [7, 11) is 0. The number of amides is 1. The van der Waals surface area contributed by atoms with Gasteiger partial charge in [-0.05, 0) is 55.5 Å². The first-order chi connectivity index (χ1) is 13.5. The summed E-state index contributed by atoms with van der Waals surface area (Å²) in [5, 5.41) is 3.01. The number of aromatic nitrogens is 1. The van der Waals surface area contributed by atoms with Crippen LogP contribution in [0, 0.1) is 0 Å². The number of anilines is 1. The second-order valence-electron chi connectivity index (χ2n) is 5.84. The Morgan fingerprint density at radius 1 is 0.964 bits per heavy atom. The molecule has 0 aliphatic rings. The first-order valence-electron chi connectivity index (χ1n) is 8.47. The number of hydrogen-bond donors (Lipinski definition) is 1. The molecule has 1 aromatic heterocycles. The van der Waals surface area contributed by atoms with Crippen LogP contribution in [0.5, 0.6) is 11.5 Å². The van der Waals surface area contributed by atoms with Gasteiger partial charge in [-0.3, -0.25) is 4.79 Å². The number of benzene rings is 2. The van der Waals surface area contributed by atoms with Crippen molar-refractivity contribution in [1.82, 2.24) is 4.98 Å². The molecular formula is C21H17ClN2O4. The molecule has 1 atom stereocenters. The maximum atomic E-state index is 12.3. The Balaban J connectivity index is 1.56. The summed E-state index contributed by atoms with van der Waals surface area (Å²) in [5.74, 6) is 0.492. The molecule has 1 heterocycles. The van der Waals surface area contributed by atoms with Crippen LogP contribution in [0.4, 0.5) is 5.82 Å². The molecule has 0 saturated carbocycles. The highest BCUT2D eigenvalue weighted by molar-refractivity contribution is 6.30. The molecule has 3 aromatic rings. The molecule has 0 aliphatic heterocycles. The summed E-state index contributed by atoms with van der Waals surface area (Å²) >= 11 is 5.75. The normalized spacial score (nSPS) is 11.4. The molecule has 0 fully saturated rings. The van der Waals surface area contributed by atoms with Crippen LogP contribution in [0.1, 0.15) is 17.3 Å². The maximum Gasteiger partial charge on any atom is 0.338 e. The molecule has 7 heteroatoms. The molecule has 3 rings (SSSR count). The molecule has 0 radical (unpaired) electrons. The number of ether oxygens (including phenoxy) is 2. The van der Waals surface area contributed by atoms with Crippen molar-refractivity contribution in [3.8, 4) is 11.5 Å². The van der Waals surface area contributed by atoms with E-state index in [-0.39, 0.29) is 0 Å². The van der Waals surface area contributed by atoms with E-state index in [4.69, 9.17) is 21.1 Å². The van der Waals surface area contributed by atoms with E-state index >= 15 is 0 Å². The van der Waals surface area contributed by atoms with Crippen molar-refractivity contribution in [1.29, 1.82) is 0 Å². The third kappa shape index (κ3) is 5.31. The average molecular weight is 397 g/mol. The topological polar surface area (TPSA) is 77.5 Å². The summed E-state index contributed by atoms with van der Waals surface area (Å²) in [6.45, 7) is 1.48. The standard InChI is InChI=1S/C21H17ClN2O4/c1-14(20(25)24-19-12-9-16(22)13-23-19)27-21(26)15-7-10-18(11-8-15)28-17-5-3-2-4-6-17/h2-14H,1H3,(H,23,24,25)/t14-/m0/s1. The highest BCUT2D eigenvalue weighted by atomic mass is 35.5. The number of carbonyl (C=O) groups is 2. The zero-order chi connectivity index (χ0) is 19.9. The molecule has 0 bridgehead atoms. The highest BCUT2D eigenvalue weighted by Gasteiger charge is 2.19. The van der Waals surface area contributed by atoms with Crippen LogP contribution >= 0.6 is 11.6 Å². The number of hydrogen-bond acceptors (Lipinski definition) is 5. The van der Waals surface area contributed by atoms with Gasteiger partial charge in [0.2, 0.25) is 0 Å². The average Bonchev–Trinajstić information content (AvgIpc) is 2.71. The van der Waals surface area contributed by atoms with Gasteiger partial charge in [0.25, 0.3) is 5.91 Å². The van der Waals surface area contributed by atoms with Crippen molar-refractivity contribution in [2.75, 3.05) is 5.32 Å². The SMILES string of the molecule is C[C@H](OC(=O)c1ccc(Oc2ccccc2)cc1)C(=O)Nc1ccc(Cl)cn1. The monoisotopic (exact) mass is 396 g/mol. The second-order valence-corrected chi connectivity index (χ2v) is 6.27. The van der Waals surface area contributed by atoms with Crippen LogP contribution in [-0.4, -0.2) is 23.0 Å². The molecule has 6 nitrogen and oxygen atoms in total. The Labute approximate surface area is 167 Å². The van der Waals surface area contributed by atoms with Crippen LogP contribution in [0.25, 0.3) is 0 Å². The molecule has 0 spiro atoms. The van der Waals surface area contributed by atoms with Crippen molar-refractivity contribution >= 4 is 29.3 Å². The number of halogens is 1. The van der Waals surface area contributed by atoms with Crippen LogP contribution < -0.4 is 10.1 Å². The van der Waals surface area contributed by atoms with Crippen molar-refractivity contribution in [2.24, 2.45) is 0 Å². The Kier molecular flexibility index (Phi) is 6.24. The van der Waals surface area contributed by atoms with Crippen LogP contribution in [0.2, 0.25) is 5.02 Å². The predicted octanol–water partition coefficient (Wildman–Crippen LogP) is 4.71. The fourth-order valence-corrected chi connectivity index (χ4v) is 2.36. The van der Waals surface area contributed by atoms with Gasteiger partial charge in [0.1, 0.15) is 17.3 Å². The Morgan fingerprint density at radius 2 is 1.64 bits per heavy atom. The summed E-state index contributed by atoms with van der Waals surface area (Å²) < 4.78 is 10.9. The van der Waals surface area contributed by atoms with E-state index in [2.05, 4.69) is 10.3 Å². The molecule has 1 N–H and O–H groups in total. The van der Waals surface area contributed by atoms with E-state index in [1.165, 1.54) is 13.1 Å². The van der Waals surface area contributed by atoms with Crippen molar-refractivity contribution < 1.29 is 19.1 Å². The van der Waals surface area contributed by atoms with E-state index in [1.807, 2.05) is 30.3 Å². The fraction of sp³-hybridized carbons (Fsp3) is 0.0952. The minimum absolute atomic E-state index is 0.310. The van der Waals surface area contributed by atoms with Gasteiger partial charge in [0, 0.05) is 6.20 Å². The van der Waals surface area contributed by atoms with Gasteiger partial charge >= 0.3 is 5.97 Å². The molecule has 0 unspecified atom stereocenters. The molecule has 0 saturated heterocycles. The van der Waals surface area contributed by atoms with Gasteiger partial charge in [0.05, 0.1) is 10.6 Å². The minimum atomic E-state index is -0.995. The molecule has 28 heavy (non-hydrogen) atoms. The first-order valence-corrected chi connectivity index (χ1v) is 8.85. The number of nitrogens with one attached hydrogen (secondary N) is 1. The molecule has 1 amide bonds. The van der Waals surface area contributed by atoms with E-state index < -0.39 is 18.0 Å². The van der Waals surface area contributed by atoms with Crippen LogP contribution in [-0.2, 0) is 9.53 Å². The Hall–Kier alpha value is -3.38. The van der Waals surface area contributed by atoms with Gasteiger partial charge in [-0.25, -0.2) is 9.78 Å².